The highest BCUT2D eigenvalue weighted by atomic mass is 32.2. The standard InChI is InChI=1S/C24H24N4O4S/c1-15-5-10-19(11-6-15)33(31,32)26-20-13-17(8-7-16(20)2)23(29)25-18-9-12-21-22(14-18)28(4)24(30)27(21)3/h5-14,26H,1-4H3,(H,25,29). The predicted molar refractivity (Wildman–Crippen MR) is 129 cm³/mol. The van der Waals surface area contributed by atoms with Crippen LogP contribution in [0.5, 0.6) is 0 Å². The number of sulfonamides is 1. The number of anilines is 2. The molecule has 33 heavy (non-hydrogen) atoms. The molecule has 4 aromatic rings. The number of fused-ring (bicyclic) bond motifs is 1. The molecular weight excluding hydrogens is 440 g/mol. The topological polar surface area (TPSA) is 102 Å². The van der Waals surface area contributed by atoms with E-state index in [1.54, 1.807) is 63.5 Å². The summed E-state index contributed by atoms with van der Waals surface area (Å²) in [5.74, 6) is -0.397. The van der Waals surface area contributed by atoms with E-state index in [4.69, 9.17) is 0 Å². The third-order valence-corrected chi connectivity index (χ3v) is 6.99. The van der Waals surface area contributed by atoms with Crippen LogP contribution in [0, 0.1) is 13.8 Å². The van der Waals surface area contributed by atoms with Crippen LogP contribution >= 0.6 is 0 Å². The molecule has 0 saturated heterocycles. The van der Waals surface area contributed by atoms with Crippen molar-refractivity contribution in [2.24, 2.45) is 14.1 Å². The number of nitrogens with zero attached hydrogens (tertiary/aromatic N) is 2. The Morgan fingerprint density at radius 1 is 0.848 bits per heavy atom. The minimum atomic E-state index is -3.80. The molecule has 9 heteroatoms. The van der Waals surface area contributed by atoms with Crippen molar-refractivity contribution in [3.63, 3.8) is 0 Å². The van der Waals surface area contributed by atoms with Crippen molar-refractivity contribution in [3.05, 3.63) is 87.8 Å². The second kappa shape index (κ2) is 8.25. The lowest BCUT2D eigenvalue weighted by atomic mass is 10.1. The van der Waals surface area contributed by atoms with Gasteiger partial charge in [0.15, 0.2) is 0 Å². The summed E-state index contributed by atoms with van der Waals surface area (Å²) in [6, 6.07) is 16.6. The molecule has 2 N–H and O–H groups in total. The number of aryl methyl sites for hydroxylation is 4. The van der Waals surface area contributed by atoms with E-state index in [-0.39, 0.29) is 10.6 Å². The summed E-state index contributed by atoms with van der Waals surface area (Å²) in [6.45, 7) is 3.64. The number of nitrogens with one attached hydrogen (secondary N) is 2. The first kappa shape index (κ1) is 22.3. The number of amides is 1. The summed E-state index contributed by atoms with van der Waals surface area (Å²) in [7, 11) is -0.443. The van der Waals surface area contributed by atoms with Crippen LogP contribution in [0.4, 0.5) is 11.4 Å². The third kappa shape index (κ3) is 4.27. The first-order valence-electron chi connectivity index (χ1n) is 10.2. The van der Waals surface area contributed by atoms with Crippen LogP contribution in [0.15, 0.2) is 70.4 Å². The molecule has 0 unspecified atom stereocenters. The molecule has 0 fully saturated rings. The summed E-state index contributed by atoms with van der Waals surface area (Å²) < 4.78 is 31.2. The summed E-state index contributed by atoms with van der Waals surface area (Å²) >= 11 is 0. The van der Waals surface area contributed by atoms with Crippen LogP contribution in [0.1, 0.15) is 21.5 Å². The second-order valence-electron chi connectivity index (χ2n) is 8.01. The van der Waals surface area contributed by atoms with Crippen molar-refractivity contribution in [1.82, 2.24) is 9.13 Å². The quantitative estimate of drug-likeness (QED) is 0.472. The molecule has 3 aromatic carbocycles. The van der Waals surface area contributed by atoms with Gasteiger partial charge in [0.1, 0.15) is 0 Å². The van der Waals surface area contributed by atoms with Crippen molar-refractivity contribution < 1.29 is 13.2 Å². The number of carbonyl (C=O) groups excluding carboxylic acids is 1. The smallest absolute Gasteiger partial charge is 0.322 e. The monoisotopic (exact) mass is 464 g/mol. The van der Waals surface area contributed by atoms with Crippen molar-refractivity contribution in [1.29, 1.82) is 0 Å². The maximum atomic E-state index is 12.9. The van der Waals surface area contributed by atoms with Gasteiger partial charge in [0.25, 0.3) is 15.9 Å². The zero-order valence-corrected chi connectivity index (χ0v) is 19.5. The van der Waals surface area contributed by atoms with Crippen LogP contribution < -0.4 is 15.7 Å². The fourth-order valence-electron chi connectivity index (χ4n) is 3.58. The van der Waals surface area contributed by atoms with Gasteiger partial charge in [0.2, 0.25) is 0 Å². The van der Waals surface area contributed by atoms with Crippen molar-refractivity contribution in [2.45, 2.75) is 18.7 Å². The summed E-state index contributed by atoms with van der Waals surface area (Å²) in [6.07, 6.45) is 0. The van der Waals surface area contributed by atoms with Crippen molar-refractivity contribution in [3.8, 4) is 0 Å². The molecule has 0 bridgehead atoms. The fraction of sp³-hybridized carbons (Fsp3) is 0.167. The molecule has 0 aliphatic carbocycles. The molecule has 1 aromatic heterocycles. The Morgan fingerprint density at radius 2 is 1.52 bits per heavy atom. The Bertz CT molecular complexity index is 1550. The first-order chi connectivity index (χ1) is 15.6. The van der Waals surface area contributed by atoms with Crippen LogP contribution in [0.2, 0.25) is 0 Å². The van der Waals surface area contributed by atoms with E-state index in [0.717, 1.165) is 11.1 Å². The van der Waals surface area contributed by atoms with Crippen LogP contribution in [0.3, 0.4) is 0 Å². The Labute approximate surface area is 191 Å². The molecule has 1 heterocycles. The Kier molecular flexibility index (Phi) is 5.59. The average Bonchev–Trinajstić information content (AvgIpc) is 2.99. The molecule has 1 amide bonds. The maximum Gasteiger partial charge on any atom is 0.328 e. The number of carbonyl (C=O) groups is 1. The SMILES string of the molecule is Cc1ccc(S(=O)(=O)Nc2cc(C(=O)Nc3ccc4c(c3)n(C)c(=O)n4C)ccc2C)cc1. The third-order valence-electron chi connectivity index (χ3n) is 5.61. The minimum absolute atomic E-state index is 0.143. The van der Waals surface area contributed by atoms with E-state index in [0.29, 0.717) is 28.0 Å². The number of rotatable bonds is 5. The largest absolute Gasteiger partial charge is 0.328 e. The van der Waals surface area contributed by atoms with Gasteiger partial charge in [-0.3, -0.25) is 18.7 Å². The Hall–Kier alpha value is -3.85. The van der Waals surface area contributed by atoms with Gasteiger partial charge >= 0.3 is 5.69 Å². The summed E-state index contributed by atoms with van der Waals surface area (Å²) in [5, 5.41) is 2.81. The lowest BCUT2D eigenvalue weighted by Crippen LogP contribution is -2.19. The molecular formula is C24H24N4O4S. The number of hydrogen-bond acceptors (Lipinski definition) is 4. The molecule has 0 saturated carbocycles. The normalized spacial score (nSPS) is 11.5. The highest BCUT2D eigenvalue weighted by molar-refractivity contribution is 7.92. The lowest BCUT2D eigenvalue weighted by molar-refractivity contribution is 0.102. The molecule has 4 rings (SSSR count). The van der Waals surface area contributed by atoms with Gasteiger partial charge < -0.3 is 5.32 Å². The van der Waals surface area contributed by atoms with Crippen molar-refractivity contribution in [2.75, 3.05) is 10.0 Å². The predicted octanol–water partition coefficient (Wildman–Crippen LogP) is 3.55. The molecule has 0 radical (unpaired) electrons. The summed E-state index contributed by atoms with van der Waals surface area (Å²) in [4.78, 5) is 25.2. The van der Waals surface area contributed by atoms with Gasteiger partial charge in [-0.1, -0.05) is 23.8 Å². The number of imidazole rings is 1. The number of hydrogen-bond donors (Lipinski definition) is 2. The Morgan fingerprint density at radius 3 is 2.21 bits per heavy atom. The molecule has 0 aliphatic rings. The molecule has 8 nitrogen and oxygen atoms in total. The van der Waals surface area contributed by atoms with Crippen LogP contribution in [0.25, 0.3) is 11.0 Å². The van der Waals surface area contributed by atoms with E-state index in [1.165, 1.54) is 27.3 Å². The van der Waals surface area contributed by atoms with E-state index in [9.17, 15) is 18.0 Å². The first-order valence-corrected chi connectivity index (χ1v) is 11.7. The minimum Gasteiger partial charge on any atom is -0.322 e. The number of aromatic nitrogens is 2. The summed E-state index contributed by atoms with van der Waals surface area (Å²) in [5.41, 5.74) is 4.07. The molecule has 0 aliphatic heterocycles. The second-order valence-corrected chi connectivity index (χ2v) is 9.69. The van der Waals surface area contributed by atoms with Gasteiger partial charge in [-0.2, -0.15) is 0 Å². The van der Waals surface area contributed by atoms with Crippen LogP contribution in [-0.4, -0.2) is 23.5 Å². The highest BCUT2D eigenvalue weighted by Crippen LogP contribution is 2.23. The Balaban J connectivity index is 1.60. The number of benzene rings is 3. The van der Waals surface area contributed by atoms with Crippen molar-refractivity contribution >= 4 is 38.3 Å². The highest BCUT2D eigenvalue weighted by Gasteiger charge is 2.17. The van der Waals surface area contributed by atoms with E-state index in [1.807, 2.05) is 6.92 Å². The van der Waals surface area contributed by atoms with Gasteiger partial charge in [0.05, 0.1) is 21.6 Å². The lowest BCUT2D eigenvalue weighted by Gasteiger charge is -2.13. The zero-order chi connectivity index (χ0) is 23.9. The van der Waals surface area contributed by atoms with E-state index < -0.39 is 15.9 Å². The van der Waals surface area contributed by atoms with Gasteiger partial charge in [-0.25, -0.2) is 13.2 Å². The molecule has 170 valence electrons. The van der Waals surface area contributed by atoms with Gasteiger partial charge in [0, 0.05) is 25.3 Å². The zero-order valence-electron chi connectivity index (χ0n) is 18.7. The fourth-order valence-corrected chi connectivity index (χ4v) is 4.70. The van der Waals surface area contributed by atoms with Gasteiger partial charge in [-0.15, -0.1) is 0 Å². The van der Waals surface area contributed by atoms with E-state index >= 15 is 0 Å². The van der Waals surface area contributed by atoms with E-state index in [2.05, 4.69) is 10.0 Å². The molecule has 0 atom stereocenters. The van der Waals surface area contributed by atoms with Gasteiger partial charge in [-0.05, 0) is 61.9 Å². The molecule has 0 spiro atoms. The average molecular weight is 465 g/mol. The maximum absolute atomic E-state index is 12.9. The van der Waals surface area contributed by atoms with Crippen LogP contribution in [-0.2, 0) is 24.1 Å².